The molecule has 17 nitrogen and oxygen atoms in total. The number of carbonyl (C=O) groups excluding carboxylic acids is 4. The number of rotatable bonds is 14. The third-order valence-electron chi connectivity index (χ3n) is 11.4. The van der Waals surface area contributed by atoms with Crippen LogP contribution >= 0.6 is 0 Å². The van der Waals surface area contributed by atoms with Gasteiger partial charge in [0.05, 0.1) is 76.5 Å². The van der Waals surface area contributed by atoms with Crippen molar-refractivity contribution in [1.82, 2.24) is 40.4 Å². The number of likely N-dealkylation sites (tertiary alicyclic amines) is 2. The van der Waals surface area contributed by atoms with Crippen LogP contribution in [0.25, 0.3) is 33.6 Å². The van der Waals surface area contributed by atoms with Crippen molar-refractivity contribution in [3.05, 3.63) is 84.7 Å². The maximum absolute atomic E-state index is 14.0. The summed E-state index contributed by atoms with van der Waals surface area (Å²) in [5, 5.41) is 5.07. The Morgan fingerprint density at radius 3 is 1.89 bits per heavy atom. The van der Waals surface area contributed by atoms with Crippen LogP contribution in [0.15, 0.2) is 73.1 Å². The number of amides is 4. The third-order valence-corrected chi connectivity index (χ3v) is 11.4. The molecule has 7 rings (SSSR count). The largest absolute Gasteiger partial charge is 0.453 e. The van der Waals surface area contributed by atoms with Gasteiger partial charge in [0.2, 0.25) is 11.8 Å². The zero-order valence-electron chi connectivity index (χ0n) is 34.8. The number of aromatic nitrogens is 4. The highest BCUT2D eigenvalue weighted by atomic mass is 19.3. The van der Waals surface area contributed by atoms with E-state index in [4.69, 9.17) is 19.2 Å². The van der Waals surface area contributed by atoms with Crippen LogP contribution in [-0.4, -0.2) is 125 Å². The van der Waals surface area contributed by atoms with Crippen LogP contribution in [0.3, 0.4) is 0 Å². The molecule has 3 aliphatic heterocycles. The molecule has 3 saturated heterocycles. The third kappa shape index (κ3) is 9.49. The van der Waals surface area contributed by atoms with Crippen LogP contribution in [0, 0.1) is 5.92 Å². The van der Waals surface area contributed by atoms with Crippen LogP contribution < -0.4 is 10.6 Å². The van der Waals surface area contributed by atoms with E-state index in [2.05, 4.69) is 41.6 Å². The molecular formula is C43H50F2N8O9. The Morgan fingerprint density at radius 2 is 1.35 bits per heavy atom. The summed E-state index contributed by atoms with van der Waals surface area (Å²) in [6.07, 6.45) is 3.44. The molecule has 4 aromatic rings. The Bertz CT molecular complexity index is 2240. The van der Waals surface area contributed by atoms with E-state index in [0.717, 1.165) is 40.8 Å². The summed E-state index contributed by atoms with van der Waals surface area (Å²) in [6.45, 7) is 5.09. The molecule has 3 aliphatic rings. The molecule has 0 saturated carbocycles. The first-order chi connectivity index (χ1) is 29.8. The van der Waals surface area contributed by atoms with Crippen molar-refractivity contribution in [2.45, 2.75) is 69.7 Å². The fourth-order valence-electron chi connectivity index (χ4n) is 8.14. The molecule has 4 atom stereocenters. The molecule has 4 unspecified atom stereocenters. The molecule has 1 spiro atoms. The number of halogens is 2. The summed E-state index contributed by atoms with van der Waals surface area (Å²) < 4.78 is 51.3. The summed E-state index contributed by atoms with van der Waals surface area (Å²) in [6, 6.07) is 12.8. The number of carbonyl (C=O) groups is 4. The van der Waals surface area contributed by atoms with Gasteiger partial charge in [-0.25, -0.2) is 19.6 Å². The minimum absolute atomic E-state index is 0.0470. The number of alkyl halides is 2. The van der Waals surface area contributed by atoms with E-state index in [1.807, 2.05) is 62.4 Å². The second-order valence-electron chi connectivity index (χ2n) is 15.7. The maximum Gasteiger partial charge on any atom is 0.407 e. The zero-order chi connectivity index (χ0) is 44.1. The second-order valence-corrected chi connectivity index (χ2v) is 15.7. The van der Waals surface area contributed by atoms with Crippen molar-refractivity contribution in [2.75, 3.05) is 47.1 Å². The lowest BCUT2D eigenvalue weighted by molar-refractivity contribution is -0.153. The smallest absolute Gasteiger partial charge is 0.407 e. The molecule has 2 aromatic heterocycles. The van der Waals surface area contributed by atoms with E-state index in [9.17, 15) is 28.0 Å². The Kier molecular flexibility index (Phi) is 13.3. The molecule has 19 heteroatoms. The highest BCUT2D eigenvalue weighted by Crippen LogP contribution is 2.43. The molecule has 3 fully saturated rings. The first-order valence-electron chi connectivity index (χ1n) is 20.3. The van der Waals surface area contributed by atoms with Gasteiger partial charge in [-0.2, -0.15) is 8.78 Å². The number of methoxy groups -OCH3 is 2. The van der Waals surface area contributed by atoms with E-state index < -0.39 is 61.3 Å². The van der Waals surface area contributed by atoms with Gasteiger partial charge < -0.3 is 54.1 Å². The molecule has 4 amide bonds. The van der Waals surface area contributed by atoms with Crippen molar-refractivity contribution in [2.24, 2.45) is 5.92 Å². The topological polar surface area (TPSA) is 202 Å². The van der Waals surface area contributed by atoms with Crippen molar-refractivity contribution in [3.8, 4) is 33.6 Å². The summed E-state index contributed by atoms with van der Waals surface area (Å²) in [5.41, 5.74) is 5.14. The highest BCUT2D eigenvalue weighted by Gasteiger charge is 2.53. The number of hydrogen-bond acceptors (Lipinski definition) is 11. The summed E-state index contributed by atoms with van der Waals surface area (Å²) in [7, 11) is 2.39. The summed E-state index contributed by atoms with van der Waals surface area (Å²) >= 11 is 0. The van der Waals surface area contributed by atoms with Crippen LogP contribution in [-0.2, 0) is 33.3 Å². The van der Waals surface area contributed by atoms with Crippen molar-refractivity contribution in [1.29, 1.82) is 0 Å². The van der Waals surface area contributed by atoms with Crippen LogP contribution in [0.5, 0.6) is 0 Å². The van der Waals surface area contributed by atoms with Crippen LogP contribution in [0.2, 0.25) is 0 Å². The first-order valence-corrected chi connectivity index (χ1v) is 20.3. The lowest BCUT2D eigenvalue weighted by Crippen LogP contribution is -2.52. The van der Waals surface area contributed by atoms with Gasteiger partial charge in [0, 0.05) is 13.0 Å². The molecular weight excluding hydrogens is 811 g/mol. The average molecular weight is 861 g/mol. The molecule has 5 heterocycles. The number of benzene rings is 2. The Labute approximate surface area is 356 Å². The Balaban J connectivity index is 1.02. The predicted octanol–water partition coefficient (Wildman–Crippen LogP) is 5.71. The van der Waals surface area contributed by atoms with Crippen molar-refractivity contribution in [3.63, 3.8) is 0 Å². The number of ether oxygens (including phenoxy) is 5. The number of imidazole rings is 2. The number of H-pyrrole nitrogens is 2. The molecule has 4 N–H and O–H groups in total. The zero-order valence-corrected chi connectivity index (χ0v) is 34.8. The van der Waals surface area contributed by atoms with E-state index in [0.29, 0.717) is 50.7 Å². The van der Waals surface area contributed by atoms with Crippen LogP contribution in [0.4, 0.5) is 18.4 Å². The monoisotopic (exact) mass is 860 g/mol. The molecule has 2 aromatic carbocycles. The van der Waals surface area contributed by atoms with Gasteiger partial charge in [-0.05, 0) is 46.6 Å². The number of hydrogen-bond donors (Lipinski definition) is 4. The Hall–Kier alpha value is -6.18. The second kappa shape index (κ2) is 18.8. The minimum atomic E-state index is -3.07. The average Bonchev–Trinajstić information content (AvgIpc) is 4.14. The predicted molar refractivity (Wildman–Crippen MR) is 219 cm³/mol. The normalized spacial score (nSPS) is 19.2. The number of aromatic amines is 2. The Morgan fingerprint density at radius 1 is 0.823 bits per heavy atom. The van der Waals surface area contributed by atoms with E-state index in [1.54, 1.807) is 22.2 Å². The molecule has 330 valence electrons. The molecule has 0 aliphatic carbocycles. The quantitative estimate of drug-likeness (QED) is 0.113. The maximum atomic E-state index is 14.0. The first kappa shape index (κ1) is 43.9. The number of nitrogens with zero attached hydrogens (tertiary/aromatic N) is 4. The molecule has 0 radical (unpaired) electrons. The SMILES string of the molecule is C=C(COC(F)F)C(NC(=O)OC)C(=O)N1CCCC1c1ncc(-c2ccc(-c3ccc(-c4cnc(C5CC6(CN5C(=O)C(NC(=O)OC)C(C)C)OCCO6)[nH]4)cc3)cc2)[nH]1. The fourth-order valence-corrected chi connectivity index (χ4v) is 8.14. The van der Waals surface area contributed by atoms with Gasteiger partial charge in [-0.3, -0.25) is 9.59 Å². The van der Waals surface area contributed by atoms with Gasteiger partial charge >= 0.3 is 18.8 Å². The minimum Gasteiger partial charge on any atom is -0.453 e. The van der Waals surface area contributed by atoms with Crippen molar-refractivity contribution >= 4 is 24.0 Å². The standard InChI is InChI=1S/C43H50F2N8O9/c1-24(2)34(50-41(56)58-4)38(54)53-23-43(61-17-18-62-43)19-33(53)37-47-21-31(49-37)29-14-10-27(11-15-29)26-8-12-28(13-9-26)30-20-46-36(48-30)32-7-6-16-52(32)39(55)35(51-42(57)59-5)25(3)22-60-40(44)45/h8-15,20-21,24,32-35,40H,3,6-7,16-19,22-23H2,1-2,4-5H3,(H,46,48)(H,47,49)(H,50,56)(H,51,57). The van der Waals surface area contributed by atoms with Crippen molar-refractivity contribution < 1.29 is 51.6 Å². The van der Waals surface area contributed by atoms with Gasteiger partial charge in [0.15, 0.2) is 5.79 Å². The van der Waals surface area contributed by atoms with E-state index >= 15 is 0 Å². The van der Waals surface area contributed by atoms with Gasteiger partial charge in [0.25, 0.3) is 0 Å². The lowest BCUT2D eigenvalue weighted by atomic mass is 10.0. The van der Waals surface area contributed by atoms with Gasteiger partial charge in [0.1, 0.15) is 23.7 Å². The van der Waals surface area contributed by atoms with Crippen LogP contribution in [0.1, 0.15) is 56.8 Å². The summed E-state index contributed by atoms with van der Waals surface area (Å²) in [4.78, 5) is 71.1. The number of nitrogens with one attached hydrogen (secondary N) is 4. The lowest BCUT2D eigenvalue weighted by Gasteiger charge is -2.30. The van der Waals surface area contributed by atoms with Gasteiger partial charge in [-0.1, -0.05) is 69.0 Å². The number of alkyl carbamates (subject to hydrolysis) is 2. The summed E-state index contributed by atoms with van der Waals surface area (Å²) in [5.74, 6) is -0.882. The fraction of sp³-hybridized carbons (Fsp3) is 0.442. The van der Waals surface area contributed by atoms with Gasteiger partial charge in [-0.15, -0.1) is 0 Å². The molecule has 0 bridgehead atoms. The van der Waals surface area contributed by atoms with E-state index in [-0.39, 0.29) is 23.9 Å². The molecule has 62 heavy (non-hydrogen) atoms. The highest BCUT2D eigenvalue weighted by molar-refractivity contribution is 5.89. The van der Waals surface area contributed by atoms with E-state index in [1.165, 1.54) is 7.11 Å².